The summed E-state index contributed by atoms with van der Waals surface area (Å²) in [6.45, 7) is 7.01. The molecule has 2 aliphatic rings. The number of ether oxygens (including phenoxy) is 1. The Bertz CT molecular complexity index is 415. The van der Waals surface area contributed by atoms with Crippen LogP contribution in [0.5, 0.6) is 0 Å². The maximum Gasteiger partial charge on any atom is 0.226 e. The van der Waals surface area contributed by atoms with Crippen molar-refractivity contribution in [3.63, 3.8) is 0 Å². The van der Waals surface area contributed by atoms with Crippen molar-refractivity contribution in [3.8, 4) is 0 Å². The van der Waals surface area contributed by atoms with Crippen LogP contribution in [0, 0.1) is 5.92 Å². The number of morpholine rings is 1. The molecule has 2 heterocycles. The number of hydrogen-bond donors (Lipinski definition) is 0. The highest BCUT2D eigenvalue weighted by Crippen LogP contribution is 2.33. The molecule has 2 fully saturated rings. The molecular weight excluding hydrogens is 242 g/mol. The molecule has 106 valence electrons. The summed E-state index contributed by atoms with van der Waals surface area (Å²) in [6, 6.07) is 0.535. The fourth-order valence-corrected chi connectivity index (χ4v) is 2.53. The van der Waals surface area contributed by atoms with Crippen LogP contribution in [0.3, 0.4) is 0 Å². The smallest absolute Gasteiger partial charge is 0.226 e. The second-order valence-corrected chi connectivity index (χ2v) is 5.98. The van der Waals surface area contributed by atoms with Crippen molar-refractivity contribution in [2.45, 2.75) is 51.7 Å². The average molecular weight is 265 g/mol. The van der Waals surface area contributed by atoms with Crippen LogP contribution in [0.15, 0.2) is 4.52 Å². The predicted octanol–water partition coefficient (Wildman–Crippen LogP) is 2.19. The molecule has 0 radical (unpaired) electrons. The van der Waals surface area contributed by atoms with Gasteiger partial charge < -0.3 is 9.26 Å². The summed E-state index contributed by atoms with van der Waals surface area (Å²) in [5.41, 5.74) is 0. The Hall–Kier alpha value is -0.940. The fourth-order valence-electron chi connectivity index (χ4n) is 2.53. The lowest BCUT2D eigenvalue weighted by molar-refractivity contribution is -0.0450. The molecule has 5 heteroatoms. The quantitative estimate of drug-likeness (QED) is 0.817. The normalized spacial score (nSPS) is 25.1. The first kappa shape index (κ1) is 13.1. The van der Waals surface area contributed by atoms with Crippen LogP contribution < -0.4 is 0 Å². The summed E-state index contributed by atoms with van der Waals surface area (Å²) >= 11 is 0. The maximum absolute atomic E-state index is 5.77. The van der Waals surface area contributed by atoms with Gasteiger partial charge in [0.1, 0.15) is 6.10 Å². The minimum Gasteiger partial charge on any atom is -0.367 e. The summed E-state index contributed by atoms with van der Waals surface area (Å²) in [6.07, 6.45) is 4.81. The van der Waals surface area contributed by atoms with Gasteiger partial charge in [-0.05, 0) is 26.2 Å². The van der Waals surface area contributed by atoms with Crippen LogP contribution in [0.1, 0.15) is 50.9 Å². The van der Waals surface area contributed by atoms with Gasteiger partial charge in [0.15, 0.2) is 0 Å². The van der Waals surface area contributed by atoms with Crippen molar-refractivity contribution in [1.82, 2.24) is 15.0 Å². The minimum atomic E-state index is -0.0328. The third-order valence-corrected chi connectivity index (χ3v) is 4.06. The minimum absolute atomic E-state index is 0.0328. The zero-order chi connectivity index (χ0) is 13.2. The standard InChI is InChI=1S/C14H23N3O2/c1-10(2)17-7-8-18-12(9-17)14-15-13(19-16-14)6-5-11-3-4-11/h10-12H,3-9H2,1-2H3/t12-/m0/s1. The van der Waals surface area contributed by atoms with E-state index in [1.54, 1.807) is 0 Å². The third kappa shape index (κ3) is 3.34. The van der Waals surface area contributed by atoms with Crippen LogP contribution in [0.2, 0.25) is 0 Å². The topological polar surface area (TPSA) is 51.4 Å². The van der Waals surface area contributed by atoms with Crippen molar-refractivity contribution in [2.75, 3.05) is 19.7 Å². The van der Waals surface area contributed by atoms with E-state index in [-0.39, 0.29) is 6.10 Å². The van der Waals surface area contributed by atoms with Crippen molar-refractivity contribution < 1.29 is 9.26 Å². The van der Waals surface area contributed by atoms with Gasteiger partial charge in [-0.15, -0.1) is 0 Å². The number of aromatic nitrogens is 2. The van der Waals surface area contributed by atoms with Gasteiger partial charge in [0.2, 0.25) is 11.7 Å². The number of hydrogen-bond acceptors (Lipinski definition) is 5. The lowest BCUT2D eigenvalue weighted by Crippen LogP contribution is -2.42. The number of nitrogens with zero attached hydrogens (tertiary/aromatic N) is 3. The van der Waals surface area contributed by atoms with Crippen LogP contribution in [-0.4, -0.2) is 40.8 Å². The van der Waals surface area contributed by atoms with Crippen molar-refractivity contribution in [3.05, 3.63) is 11.7 Å². The zero-order valence-corrected chi connectivity index (χ0v) is 11.8. The molecule has 19 heavy (non-hydrogen) atoms. The molecule has 1 aliphatic carbocycles. The van der Waals surface area contributed by atoms with E-state index >= 15 is 0 Å². The van der Waals surface area contributed by atoms with E-state index < -0.39 is 0 Å². The SMILES string of the molecule is CC(C)N1CCO[C@H](c2noc(CCC3CC3)n2)C1. The Morgan fingerprint density at radius 1 is 1.37 bits per heavy atom. The van der Waals surface area contributed by atoms with Gasteiger partial charge in [0, 0.05) is 25.6 Å². The van der Waals surface area contributed by atoms with Crippen LogP contribution >= 0.6 is 0 Å². The van der Waals surface area contributed by atoms with Crippen molar-refractivity contribution >= 4 is 0 Å². The van der Waals surface area contributed by atoms with Gasteiger partial charge in [-0.3, -0.25) is 4.90 Å². The molecule has 0 spiro atoms. The molecule has 0 bridgehead atoms. The lowest BCUT2D eigenvalue weighted by Gasteiger charge is -2.34. The summed E-state index contributed by atoms with van der Waals surface area (Å²) in [7, 11) is 0. The second kappa shape index (κ2) is 5.59. The fraction of sp³-hybridized carbons (Fsp3) is 0.857. The van der Waals surface area contributed by atoms with Crippen LogP contribution in [0.25, 0.3) is 0 Å². The third-order valence-electron chi connectivity index (χ3n) is 4.06. The van der Waals surface area contributed by atoms with E-state index in [1.165, 1.54) is 19.3 Å². The monoisotopic (exact) mass is 265 g/mol. The first-order valence-corrected chi connectivity index (χ1v) is 7.40. The zero-order valence-electron chi connectivity index (χ0n) is 11.8. The van der Waals surface area contributed by atoms with Gasteiger partial charge in [-0.1, -0.05) is 18.0 Å². The molecule has 1 aliphatic heterocycles. The van der Waals surface area contributed by atoms with Crippen molar-refractivity contribution in [2.24, 2.45) is 5.92 Å². The first-order chi connectivity index (χ1) is 9.22. The number of rotatable bonds is 5. The Kier molecular flexibility index (Phi) is 3.84. The van der Waals surface area contributed by atoms with Crippen LogP contribution in [0.4, 0.5) is 0 Å². The van der Waals surface area contributed by atoms with Gasteiger partial charge in [-0.2, -0.15) is 4.98 Å². The molecule has 1 saturated heterocycles. The first-order valence-electron chi connectivity index (χ1n) is 7.40. The summed E-state index contributed by atoms with van der Waals surface area (Å²) in [5, 5.41) is 4.09. The van der Waals surface area contributed by atoms with E-state index in [9.17, 15) is 0 Å². The molecule has 3 rings (SSSR count). The maximum atomic E-state index is 5.77. The molecule has 0 aromatic carbocycles. The van der Waals surface area contributed by atoms with Gasteiger partial charge >= 0.3 is 0 Å². The molecule has 5 nitrogen and oxygen atoms in total. The van der Waals surface area contributed by atoms with E-state index in [4.69, 9.17) is 9.26 Å². The van der Waals surface area contributed by atoms with Gasteiger partial charge in [-0.25, -0.2) is 0 Å². The van der Waals surface area contributed by atoms with E-state index in [1.807, 2.05) is 0 Å². The van der Waals surface area contributed by atoms with Gasteiger partial charge in [0.25, 0.3) is 0 Å². The second-order valence-electron chi connectivity index (χ2n) is 5.98. The van der Waals surface area contributed by atoms with Crippen molar-refractivity contribution in [1.29, 1.82) is 0 Å². The lowest BCUT2D eigenvalue weighted by atomic mass is 10.2. The highest BCUT2D eigenvalue weighted by Gasteiger charge is 2.28. The summed E-state index contributed by atoms with van der Waals surface area (Å²) < 4.78 is 11.1. The summed E-state index contributed by atoms with van der Waals surface area (Å²) in [5.74, 6) is 2.39. The molecule has 1 saturated carbocycles. The Balaban J connectivity index is 1.57. The average Bonchev–Trinajstić information content (AvgIpc) is 3.13. The predicted molar refractivity (Wildman–Crippen MR) is 70.7 cm³/mol. The molecular formula is C14H23N3O2. The molecule has 1 atom stereocenters. The van der Waals surface area contributed by atoms with E-state index in [0.717, 1.165) is 43.8 Å². The van der Waals surface area contributed by atoms with E-state index in [2.05, 4.69) is 28.9 Å². The Morgan fingerprint density at radius 2 is 2.21 bits per heavy atom. The molecule has 0 N–H and O–H groups in total. The summed E-state index contributed by atoms with van der Waals surface area (Å²) in [4.78, 5) is 6.90. The van der Waals surface area contributed by atoms with Crippen LogP contribution in [-0.2, 0) is 11.2 Å². The molecule has 1 aromatic rings. The Morgan fingerprint density at radius 3 is 2.95 bits per heavy atom. The molecule has 0 amide bonds. The van der Waals surface area contributed by atoms with Gasteiger partial charge in [0.05, 0.1) is 6.61 Å². The largest absolute Gasteiger partial charge is 0.367 e. The molecule has 1 aromatic heterocycles. The highest BCUT2D eigenvalue weighted by molar-refractivity contribution is 4.95. The Labute approximate surface area is 114 Å². The number of aryl methyl sites for hydroxylation is 1. The van der Waals surface area contributed by atoms with E-state index in [0.29, 0.717) is 6.04 Å². The molecule has 0 unspecified atom stereocenters. The highest BCUT2D eigenvalue weighted by atomic mass is 16.5.